The average molecular weight is 225 g/mol. The first-order valence-electron chi connectivity index (χ1n) is 4.75. The highest BCUT2D eigenvalue weighted by molar-refractivity contribution is 5.94. The van der Waals surface area contributed by atoms with E-state index in [0.29, 0.717) is 19.0 Å². The molecule has 6 nitrogen and oxygen atoms in total. The van der Waals surface area contributed by atoms with E-state index in [2.05, 4.69) is 4.98 Å². The van der Waals surface area contributed by atoms with Crippen LogP contribution in [0.15, 0.2) is 12.3 Å². The van der Waals surface area contributed by atoms with E-state index in [-0.39, 0.29) is 11.3 Å². The molecule has 0 spiro atoms. The lowest BCUT2D eigenvalue weighted by Crippen LogP contribution is -2.23. The van der Waals surface area contributed by atoms with Crippen LogP contribution in [-0.2, 0) is 4.74 Å². The third-order valence-electron chi connectivity index (χ3n) is 2.17. The molecular weight excluding hydrogens is 210 g/mol. The molecule has 0 atom stereocenters. The van der Waals surface area contributed by atoms with E-state index >= 15 is 0 Å². The number of carboxylic acids is 1. The van der Waals surface area contributed by atoms with E-state index in [4.69, 9.17) is 15.6 Å². The van der Waals surface area contributed by atoms with Crippen molar-refractivity contribution in [3.05, 3.63) is 17.8 Å². The van der Waals surface area contributed by atoms with E-state index in [9.17, 15) is 4.79 Å². The number of hydrogen-bond donors (Lipinski definition) is 2. The van der Waals surface area contributed by atoms with Crippen LogP contribution in [0.1, 0.15) is 10.4 Å². The van der Waals surface area contributed by atoms with Crippen LogP contribution in [0.3, 0.4) is 0 Å². The molecule has 0 fully saturated rings. The van der Waals surface area contributed by atoms with Gasteiger partial charge in [0.2, 0.25) is 0 Å². The van der Waals surface area contributed by atoms with Gasteiger partial charge < -0.3 is 20.5 Å². The highest BCUT2D eigenvalue weighted by Gasteiger charge is 2.11. The summed E-state index contributed by atoms with van der Waals surface area (Å²) in [6.45, 7) is 1.18. The molecule has 1 aromatic heterocycles. The molecular formula is C10H15N3O3. The summed E-state index contributed by atoms with van der Waals surface area (Å²) in [5.74, 6) is -0.495. The van der Waals surface area contributed by atoms with Crippen LogP contribution in [0.5, 0.6) is 0 Å². The summed E-state index contributed by atoms with van der Waals surface area (Å²) < 4.78 is 4.92. The number of aromatic carboxylic acids is 1. The lowest BCUT2D eigenvalue weighted by Gasteiger charge is -2.18. The van der Waals surface area contributed by atoms with Gasteiger partial charge in [0.1, 0.15) is 5.82 Å². The van der Waals surface area contributed by atoms with Crippen molar-refractivity contribution in [2.75, 3.05) is 37.9 Å². The summed E-state index contributed by atoms with van der Waals surface area (Å²) in [7, 11) is 3.41. The van der Waals surface area contributed by atoms with Gasteiger partial charge in [-0.15, -0.1) is 0 Å². The van der Waals surface area contributed by atoms with E-state index < -0.39 is 5.97 Å². The molecule has 0 amide bonds. The van der Waals surface area contributed by atoms with E-state index in [1.54, 1.807) is 12.0 Å². The molecule has 1 rings (SSSR count). The van der Waals surface area contributed by atoms with Gasteiger partial charge in [-0.25, -0.2) is 9.78 Å². The first-order valence-corrected chi connectivity index (χ1v) is 4.75. The number of likely N-dealkylation sites (N-methyl/N-ethyl adjacent to an activating group) is 1. The topological polar surface area (TPSA) is 88.7 Å². The molecule has 3 N–H and O–H groups in total. The van der Waals surface area contributed by atoms with Gasteiger partial charge in [0.15, 0.2) is 0 Å². The number of pyridine rings is 1. The van der Waals surface area contributed by atoms with Crippen molar-refractivity contribution in [2.45, 2.75) is 0 Å². The quantitative estimate of drug-likeness (QED) is 0.756. The maximum absolute atomic E-state index is 10.9. The number of carboxylic acid groups (broad SMARTS) is 1. The molecule has 0 aliphatic carbocycles. The Morgan fingerprint density at radius 2 is 2.38 bits per heavy atom. The van der Waals surface area contributed by atoms with Crippen molar-refractivity contribution in [3.63, 3.8) is 0 Å². The van der Waals surface area contributed by atoms with Crippen molar-refractivity contribution >= 4 is 17.5 Å². The van der Waals surface area contributed by atoms with Crippen LogP contribution in [0.25, 0.3) is 0 Å². The van der Waals surface area contributed by atoms with Gasteiger partial charge >= 0.3 is 5.97 Å². The molecule has 0 saturated heterocycles. The summed E-state index contributed by atoms with van der Waals surface area (Å²) in [4.78, 5) is 16.7. The number of nitrogens with two attached hydrogens (primary N) is 1. The van der Waals surface area contributed by atoms with Gasteiger partial charge in [-0.3, -0.25) is 0 Å². The van der Waals surface area contributed by atoms with Gasteiger partial charge in [-0.05, 0) is 6.07 Å². The molecule has 1 aromatic rings. The Kier molecular flexibility index (Phi) is 4.07. The van der Waals surface area contributed by atoms with Gasteiger partial charge in [0, 0.05) is 20.7 Å². The predicted octanol–water partition coefficient (Wildman–Crippen LogP) is 0.445. The van der Waals surface area contributed by atoms with Crippen LogP contribution in [-0.4, -0.2) is 43.4 Å². The van der Waals surface area contributed by atoms with E-state index in [0.717, 1.165) is 0 Å². The zero-order valence-electron chi connectivity index (χ0n) is 9.30. The molecule has 16 heavy (non-hydrogen) atoms. The highest BCUT2D eigenvalue weighted by Crippen LogP contribution is 2.16. The zero-order chi connectivity index (χ0) is 12.1. The second kappa shape index (κ2) is 5.32. The minimum absolute atomic E-state index is 0.0641. The minimum Gasteiger partial charge on any atom is -0.478 e. The monoisotopic (exact) mass is 225 g/mol. The first kappa shape index (κ1) is 12.3. The van der Waals surface area contributed by atoms with Crippen LogP contribution in [0.2, 0.25) is 0 Å². The Morgan fingerprint density at radius 3 is 2.94 bits per heavy atom. The Labute approximate surface area is 93.6 Å². The maximum Gasteiger partial charge on any atom is 0.337 e. The lowest BCUT2D eigenvalue weighted by atomic mass is 10.2. The third kappa shape index (κ3) is 2.83. The molecule has 0 radical (unpaired) electrons. The second-order valence-corrected chi connectivity index (χ2v) is 3.35. The second-order valence-electron chi connectivity index (χ2n) is 3.35. The number of nitrogens with zero attached hydrogens (tertiary/aromatic N) is 2. The van der Waals surface area contributed by atoms with Gasteiger partial charge in [0.25, 0.3) is 0 Å². The Bertz CT molecular complexity index is 382. The van der Waals surface area contributed by atoms with Crippen molar-refractivity contribution < 1.29 is 14.6 Å². The lowest BCUT2D eigenvalue weighted by molar-refractivity contribution is 0.0698. The fourth-order valence-corrected chi connectivity index (χ4v) is 1.19. The normalized spacial score (nSPS) is 10.1. The fourth-order valence-electron chi connectivity index (χ4n) is 1.19. The minimum atomic E-state index is -1.05. The van der Waals surface area contributed by atoms with Crippen LogP contribution >= 0.6 is 0 Å². The van der Waals surface area contributed by atoms with Gasteiger partial charge in [-0.2, -0.15) is 0 Å². The first-order chi connectivity index (χ1) is 7.56. The van der Waals surface area contributed by atoms with E-state index in [1.807, 2.05) is 7.05 Å². The molecule has 0 aliphatic heterocycles. The summed E-state index contributed by atoms with van der Waals surface area (Å²) >= 11 is 0. The number of carbonyl (C=O) groups is 1. The van der Waals surface area contributed by atoms with Gasteiger partial charge in [0.05, 0.1) is 24.1 Å². The van der Waals surface area contributed by atoms with Crippen molar-refractivity contribution in [2.24, 2.45) is 0 Å². The van der Waals surface area contributed by atoms with Gasteiger partial charge in [-0.1, -0.05) is 0 Å². The molecule has 0 saturated carbocycles. The molecule has 88 valence electrons. The number of rotatable bonds is 5. The van der Waals surface area contributed by atoms with Crippen molar-refractivity contribution in [1.29, 1.82) is 0 Å². The standard InChI is InChI=1S/C10H15N3O3/c1-13(3-4-16-2)9-5-7(10(14)15)8(11)6-12-9/h5-6H,3-4,11H2,1-2H3,(H,14,15). The Balaban J connectivity index is 2.89. The smallest absolute Gasteiger partial charge is 0.337 e. The summed E-state index contributed by atoms with van der Waals surface area (Å²) in [5, 5.41) is 8.90. The highest BCUT2D eigenvalue weighted by atomic mass is 16.5. The summed E-state index contributed by atoms with van der Waals surface area (Å²) in [6.07, 6.45) is 1.35. The van der Waals surface area contributed by atoms with Crippen LogP contribution < -0.4 is 10.6 Å². The predicted molar refractivity (Wildman–Crippen MR) is 60.8 cm³/mol. The van der Waals surface area contributed by atoms with Crippen molar-refractivity contribution in [3.8, 4) is 0 Å². The molecule has 0 unspecified atom stereocenters. The SMILES string of the molecule is COCCN(C)c1cc(C(=O)O)c(N)cn1. The number of hydrogen-bond acceptors (Lipinski definition) is 5. The molecule has 0 bridgehead atoms. The Hall–Kier alpha value is -1.82. The summed E-state index contributed by atoms with van der Waals surface area (Å²) in [5.41, 5.74) is 5.73. The van der Waals surface area contributed by atoms with Crippen molar-refractivity contribution in [1.82, 2.24) is 4.98 Å². The number of nitrogen functional groups attached to an aromatic ring is 1. The molecule has 6 heteroatoms. The van der Waals surface area contributed by atoms with Crippen LogP contribution in [0, 0.1) is 0 Å². The maximum atomic E-state index is 10.9. The fraction of sp³-hybridized carbons (Fsp3) is 0.400. The largest absolute Gasteiger partial charge is 0.478 e. The number of aromatic nitrogens is 1. The number of methoxy groups -OCH3 is 1. The summed E-state index contributed by atoms with van der Waals surface area (Å²) in [6, 6.07) is 1.45. The zero-order valence-corrected chi connectivity index (χ0v) is 9.30. The number of ether oxygens (including phenoxy) is 1. The number of anilines is 2. The third-order valence-corrected chi connectivity index (χ3v) is 2.17. The molecule has 1 heterocycles. The Morgan fingerprint density at radius 1 is 1.69 bits per heavy atom. The molecule has 0 aliphatic rings. The van der Waals surface area contributed by atoms with E-state index in [1.165, 1.54) is 12.3 Å². The van der Waals surface area contributed by atoms with Crippen LogP contribution in [0.4, 0.5) is 11.5 Å². The molecule has 0 aromatic carbocycles. The average Bonchev–Trinajstić information content (AvgIpc) is 2.26.